The van der Waals surface area contributed by atoms with Crippen LogP contribution in [0.25, 0.3) is 0 Å². The summed E-state index contributed by atoms with van der Waals surface area (Å²) in [6.45, 7) is 2.35. The van der Waals surface area contributed by atoms with Crippen LogP contribution in [-0.2, 0) is 0 Å². The summed E-state index contributed by atoms with van der Waals surface area (Å²) in [5.74, 6) is 0.542. The van der Waals surface area contributed by atoms with Gasteiger partial charge >= 0.3 is 0 Å². The molecule has 0 aromatic heterocycles. The minimum Gasteiger partial charge on any atom is -0.493 e. The molecule has 1 N–H and O–H groups in total. The summed E-state index contributed by atoms with van der Waals surface area (Å²) in [6, 6.07) is 4.95. The highest BCUT2D eigenvalue weighted by Crippen LogP contribution is 2.33. The zero-order chi connectivity index (χ0) is 11.4. The Kier molecular flexibility index (Phi) is 5.00. The number of hydrogen-bond donors (Lipinski definition) is 1. The maximum Gasteiger partial charge on any atom is 0.137 e. The zero-order valence-electron chi connectivity index (χ0n) is 8.08. The van der Waals surface area contributed by atoms with Gasteiger partial charge in [-0.05, 0) is 25.1 Å². The van der Waals surface area contributed by atoms with E-state index in [4.69, 9.17) is 39.5 Å². The number of aliphatic hydroxyl groups is 1. The summed E-state index contributed by atoms with van der Waals surface area (Å²) in [4.78, 5) is -0.914. The number of benzene rings is 1. The quantitative estimate of drug-likeness (QED) is 0.847. The van der Waals surface area contributed by atoms with Gasteiger partial charge in [-0.2, -0.15) is 0 Å². The lowest BCUT2D eigenvalue weighted by molar-refractivity contribution is 0.186. The van der Waals surface area contributed by atoms with Gasteiger partial charge in [0.25, 0.3) is 0 Å². The van der Waals surface area contributed by atoms with Crippen molar-refractivity contribution in [3.05, 3.63) is 28.8 Å². The van der Waals surface area contributed by atoms with Gasteiger partial charge in [0.05, 0.1) is 6.61 Å². The molecule has 5 heteroatoms. The standard InChI is InChI=1S/C10H11Cl3O2/c1-2-15-8-4-3-6(11)5-7(8)9(14)10(12)13/h3-5,9-10,14H,2H2,1H3. The highest BCUT2D eigenvalue weighted by Gasteiger charge is 2.20. The summed E-state index contributed by atoms with van der Waals surface area (Å²) in [5.41, 5.74) is 0.499. The predicted octanol–water partition coefficient (Wildman–Crippen LogP) is 3.58. The molecule has 0 radical (unpaired) electrons. The van der Waals surface area contributed by atoms with E-state index >= 15 is 0 Å². The maximum atomic E-state index is 9.73. The van der Waals surface area contributed by atoms with Gasteiger partial charge in [0.15, 0.2) is 0 Å². The first kappa shape index (κ1) is 12.9. The summed E-state index contributed by atoms with van der Waals surface area (Å²) in [7, 11) is 0. The normalized spacial score (nSPS) is 12.9. The van der Waals surface area contributed by atoms with E-state index in [-0.39, 0.29) is 0 Å². The molecule has 1 unspecified atom stereocenters. The molecule has 0 amide bonds. The number of aliphatic hydroxyl groups excluding tert-OH is 1. The van der Waals surface area contributed by atoms with Crippen LogP contribution in [0.1, 0.15) is 18.6 Å². The second-order valence-electron chi connectivity index (χ2n) is 2.89. The molecule has 1 rings (SSSR count). The molecule has 1 aromatic rings. The third kappa shape index (κ3) is 3.42. The number of alkyl halides is 2. The van der Waals surface area contributed by atoms with E-state index in [1.165, 1.54) is 0 Å². The molecule has 0 aliphatic carbocycles. The Bertz CT molecular complexity index is 328. The minimum absolute atomic E-state index is 0.497. The number of rotatable bonds is 4. The summed E-state index contributed by atoms with van der Waals surface area (Å²) in [5, 5.41) is 10.2. The predicted molar refractivity (Wildman–Crippen MR) is 63.1 cm³/mol. The Morgan fingerprint density at radius 1 is 1.40 bits per heavy atom. The van der Waals surface area contributed by atoms with Crippen molar-refractivity contribution in [2.24, 2.45) is 0 Å². The van der Waals surface area contributed by atoms with E-state index in [0.717, 1.165) is 0 Å². The Balaban J connectivity index is 3.06. The largest absolute Gasteiger partial charge is 0.493 e. The topological polar surface area (TPSA) is 29.5 Å². The van der Waals surface area contributed by atoms with Crippen LogP contribution in [0.15, 0.2) is 18.2 Å². The lowest BCUT2D eigenvalue weighted by atomic mass is 10.1. The van der Waals surface area contributed by atoms with E-state index in [0.29, 0.717) is 22.9 Å². The van der Waals surface area contributed by atoms with E-state index in [1.807, 2.05) is 6.92 Å². The lowest BCUT2D eigenvalue weighted by Crippen LogP contribution is -2.08. The molecule has 0 spiro atoms. The van der Waals surface area contributed by atoms with Crippen molar-refractivity contribution in [2.75, 3.05) is 6.61 Å². The molecular formula is C10H11Cl3O2. The number of halogens is 3. The monoisotopic (exact) mass is 268 g/mol. The SMILES string of the molecule is CCOc1ccc(Cl)cc1C(O)C(Cl)Cl. The van der Waals surface area contributed by atoms with Crippen molar-refractivity contribution >= 4 is 34.8 Å². The van der Waals surface area contributed by atoms with Crippen LogP contribution in [0, 0.1) is 0 Å². The van der Waals surface area contributed by atoms with Gasteiger partial charge in [0.2, 0.25) is 0 Å². The molecule has 15 heavy (non-hydrogen) atoms. The molecule has 0 saturated carbocycles. The fourth-order valence-electron chi connectivity index (χ4n) is 1.17. The van der Waals surface area contributed by atoms with Gasteiger partial charge in [-0.25, -0.2) is 0 Å². The van der Waals surface area contributed by atoms with Crippen LogP contribution in [0.4, 0.5) is 0 Å². The van der Waals surface area contributed by atoms with Gasteiger partial charge < -0.3 is 9.84 Å². The summed E-state index contributed by atoms with van der Waals surface area (Å²) < 4.78 is 5.33. The maximum absolute atomic E-state index is 9.73. The zero-order valence-corrected chi connectivity index (χ0v) is 10.4. The van der Waals surface area contributed by atoms with Crippen molar-refractivity contribution in [3.63, 3.8) is 0 Å². The van der Waals surface area contributed by atoms with Crippen molar-refractivity contribution < 1.29 is 9.84 Å². The first-order valence-corrected chi connectivity index (χ1v) is 5.69. The van der Waals surface area contributed by atoms with Crippen LogP contribution in [-0.4, -0.2) is 16.5 Å². The third-order valence-corrected chi connectivity index (χ3v) is 2.54. The Labute approximate surface area is 104 Å². The first-order chi connectivity index (χ1) is 7.06. The van der Waals surface area contributed by atoms with Gasteiger partial charge in [-0.3, -0.25) is 0 Å². The molecule has 0 heterocycles. The van der Waals surface area contributed by atoms with E-state index in [9.17, 15) is 5.11 Å². The molecule has 0 aliphatic heterocycles. The number of hydrogen-bond acceptors (Lipinski definition) is 2. The molecule has 0 fully saturated rings. The van der Waals surface area contributed by atoms with Crippen LogP contribution < -0.4 is 4.74 Å². The van der Waals surface area contributed by atoms with E-state index in [1.54, 1.807) is 18.2 Å². The smallest absolute Gasteiger partial charge is 0.137 e. The van der Waals surface area contributed by atoms with Crippen LogP contribution in [0.2, 0.25) is 5.02 Å². The minimum atomic E-state index is -1.01. The highest BCUT2D eigenvalue weighted by atomic mass is 35.5. The average Bonchev–Trinajstić information content (AvgIpc) is 2.20. The molecule has 1 aromatic carbocycles. The molecule has 1 atom stereocenters. The second kappa shape index (κ2) is 5.80. The van der Waals surface area contributed by atoms with Gasteiger partial charge in [-0.15, -0.1) is 23.2 Å². The average molecular weight is 270 g/mol. The highest BCUT2D eigenvalue weighted by molar-refractivity contribution is 6.44. The van der Waals surface area contributed by atoms with Crippen molar-refractivity contribution in [1.82, 2.24) is 0 Å². The Morgan fingerprint density at radius 2 is 2.07 bits per heavy atom. The summed E-state index contributed by atoms with van der Waals surface area (Å²) >= 11 is 17.0. The Hall–Kier alpha value is -0.150. The van der Waals surface area contributed by atoms with E-state index < -0.39 is 10.9 Å². The molecule has 0 aliphatic rings. The number of ether oxygens (including phenoxy) is 1. The van der Waals surface area contributed by atoms with E-state index in [2.05, 4.69) is 0 Å². The van der Waals surface area contributed by atoms with Crippen molar-refractivity contribution in [1.29, 1.82) is 0 Å². The molecule has 0 bridgehead atoms. The third-order valence-electron chi connectivity index (χ3n) is 1.83. The van der Waals surface area contributed by atoms with Crippen LogP contribution in [0.5, 0.6) is 5.75 Å². The van der Waals surface area contributed by atoms with Crippen molar-refractivity contribution in [2.45, 2.75) is 17.9 Å². The van der Waals surface area contributed by atoms with Crippen LogP contribution in [0.3, 0.4) is 0 Å². The van der Waals surface area contributed by atoms with Gasteiger partial charge in [0, 0.05) is 10.6 Å². The molecule has 2 nitrogen and oxygen atoms in total. The second-order valence-corrected chi connectivity index (χ2v) is 4.49. The Morgan fingerprint density at radius 3 is 2.60 bits per heavy atom. The fourth-order valence-corrected chi connectivity index (χ4v) is 1.63. The molecule has 0 saturated heterocycles. The van der Waals surface area contributed by atoms with Crippen molar-refractivity contribution in [3.8, 4) is 5.75 Å². The van der Waals surface area contributed by atoms with Crippen LogP contribution >= 0.6 is 34.8 Å². The van der Waals surface area contributed by atoms with Gasteiger partial charge in [-0.1, -0.05) is 11.6 Å². The first-order valence-electron chi connectivity index (χ1n) is 4.44. The van der Waals surface area contributed by atoms with Gasteiger partial charge in [0.1, 0.15) is 16.7 Å². The molecular weight excluding hydrogens is 258 g/mol. The summed E-state index contributed by atoms with van der Waals surface area (Å²) in [6.07, 6.45) is -1.01. The molecule has 84 valence electrons. The lowest BCUT2D eigenvalue weighted by Gasteiger charge is -2.16. The fraction of sp³-hybridized carbons (Fsp3) is 0.400.